The average molecular weight is 480 g/mol. The fourth-order valence-electron chi connectivity index (χ4n) is 3.29. The second-order valence-corrected chi connectivity index (χ2v) is 9.08. The van der Waals surface area contributed by atoms with Crippen LogP contribution in [-0.4, -0.2) is 22.7 Å². The quantitative estimate of drug-likeness (QED) is 0.301. The van der Waals surface area contributed by atoms with Crippen LogP contribution in [0, 0.1) is 13.8 Å². The van der Waals surface area contributed by atoms with E-state index in [1.54, 1.807) is 23.5 Å². The predicted molar refractivity (Wildman–Crippen MR) is 131 cm³/mol. The number of carbonyl (C=O) groups is 1. The molecular formula is C26H22ClNO4S. The Hall–Kier alpha value is -3.35. The van der Waals surface area contributed by atoms with Crippen LogP contribution in [0.1, 0.15) is 16.1 Å². The predicted octanol–water partition coefficient (Wildman–Crippen LogP) is 6.79. The molecule has 0 radical (unpaired) electrons. The lowest BCUT2D eigenvalue weighted by molar-refractivity contribution is -0.139. The summed E-state index contributed by atoms with van der Waals surface area (Å²) >= 11 is 7.68. The van der Waals surface area contributed by atoms with Crippen LogP contribution in [0.25, 0.3) is 21.7 Å². The minimum absolute atomic E-state index is 0.311. The van der Waals surface area contributed by atoms with Gasteiger partial charge in [-0.05, 0) is 55.3 Å². The molecule has 7 heteroatoms. The van der Waals surface area contributed by atoms with E-state index < -0.39 is 5.97 Å². The van der Waals surface area contributed by atoms with E-state index in [9.17, 15) is 4.79 Å². The van der Waals surface area contributed by atoms with E-state index in [-0.39, 0.29) is 6.61 Å². The van der Waals surface area contributed by atoms with Gasteiger partial charge in [0.15, 0.2) is 6.61 Å². The molecule has 4 aromatic rings. The van der Waals surface area contributed by atoms with Gasteiger partial charge in [0.2, 0.25) is 0 Å². The molecule has 168 valence electrons. The maximum Gasteiger partial charge on any atom is 0.341 e. The van der Waals surface area contributed by atoms with E-state index in [1.807, 2.05) is 37.3 Å². The molecule has 0 atom stereocenters. The molecular weight excluding hydrogens is 458 g/mol. The molecule has 0 aliphatic heterocycles. The monoisotopic (exact) mass is 479 g/mol. The standard InChI is InChI=1S/C26H22ClNO4S/c1-16-3-5-19(6-4-16)26-25(18-7-9-20(27)10-8-18)28-23(33-26)14-31-21-11-12-22(17(2)13-21)32-15-24(29)30/h3-13H,14-15H2,1-2H3,(H,29,30). The maximum atomic E-state index is 10.7. The van der Waals surface area contributed by atoms with Gasteiger partial charge < -0.3 is 14.6 Å². The van der Waals surface area contributed by atoms with E-state index in [1.165, 1.54) is 5.56 Å². The first kappa shape index (κ1) is 22.8. The summed E-state index contributed by atoms with van der Waals surface area (Å²) in [5.41, 5.74) is 4.99. The van der Waals surface area contributed by atoms with Crippen molar-refractivity contribution in [3.63, 3.8) is 0 Å². The molecule has 0 unspecified atom stereocenters. The zero-order valence-electron chi connectivity index (χ0n) is 18.2. The van der Waals surface area contributed by atoms with Crippen LogP contribution >= 0.6 is 22.9 Å². The van der Waals surface area contributed by atoms with Crippen LogP contribution in [0.2, 0.25) is 5.02 Å². The van der Waals surface area contributed by atoms with Crippen LogP contribution < -0.4 is 9.47 Å². The number of ether oxygens (including phenoxy) is 2. The van der Waals surface area contributed by atoms with Crippen molar-refractivity contribution < 1.29 is 19.4 Å². The summed E-state index contributed by atoms with van der Waals surface area (Å²) in [5.74, 6) is 0.167. The Kier molecular flexibility index (Phi) is 6.96. The van der Waals surface area contributed by atoms with E-state index in [4.69, 9.17) is 31.2 Å². The first-order valence-corrected chi connectivity index (χ1v) is 11.5. The highest BCUT2D eigenvalue weighted by Gasteiger charge is 2.16. The molecule has 0 spiro atoms. The summed E-state index contributed by atoms with van der Waals surface area (Å²) < 4.78 is 11.3. The number of benzene rings is 3. The van der Waals surface area contributed by atoms with E-state index in [2.05, 4.69) is 31.2 Å². The van der Waals surface area contributed by atoms with Gasteiger partial charge >= 0.3 is 5.97 Å². The number of aryl methyl sites for hydroxylation is 2. The first-order chi connectivity index (χ1) is 15.9. The third-order valence-corrected chi connectivity index (χ3v) is 6.29. The Balaban J connectivity index is 1.57. The number of hydrogen-bond donors (Lipinski definition) is 1. The van der Waals surface area contributed by atoms with Gasteiger partial charge in [0, 0.05) is 10.6 Å². The molecule has 3 aromatic carbocycles. The molecule has 5 nitrogen and oxygen atoms in total. The number of carboxylic acid groups (broad SMARTS) is 1. The second-order valence-electron chi connectivity index (χ2n) is 7.56. The van der Waals surface area contributed by atoms with Crippen molar-refractivity contribution in [3.8, 4) is 33.2 Å². The lowest BCUT2D eigenvalue weighted by Gasteiger charge is -2.09. The summed E-state index contributed by atoms with van der Waals surface area (Å²) in [4.78, 5) is 16.7. The van der Waals surface area contributed by atoms with E-state index in [0.717, 1.165) is 32.3 Å². The smallest absolute Gasteiger partial charge is 0.341 e. The molecule has 4 rings (SSSR count). The number of carboxylic acids is 1. The Morgan fingerprint density at radius 2 is 1.67 bits per heavy atom. The first-order valence-electron chi connectivity index (χ1n) is 10.3. The summed E-state index contributed by atoms with van der Waals surface area (Å²) in [6, 6.07) is 21.4. The van der Waals surface area contributed by atoms with Gasteiger partial charge in [-0.3, -0.25) is 0 Å². The Morgan fingerprint density at radius 3 is 2.33 bits per heavy atom. The largest absolute Gasteiger partial charge is 0.486 e. The van der Waals surface area contributed by atoms with Crippen molar-refractivity contribution in [2.24, 2.45) is 0 Å². The molecule has 0 aliphatic carbocycles. The zero-order chi connectivity index (χ0) is 23.4. The Morgan fingerprint density at radius 1 is 0.970 bits per heavy atom. The van der Waals surface area contributed by atoms with Crippen LogP contribution in [0.15, 0.2) is 66.7 Å². The minimum Gasteiger partial charge on any atom is -0.486 e. The second kappa shape index (κ2) is 10.1. The van der Waals surface area contributed by atoms with Crippen molar-refractivity contribution in [1.82, 2.24) is 4.98 Å². The van der Waals surface area contributed by atoms with Crippen LogP contribution in [0.5, 0.6) is 11.5 Å². The average Bonchev–Trinajstić information content (AvgIpc) is 3.22. The topological polar surface area (TPSA) is 68.7 Å². The zero-order valence-corrected chi connectivity index (χ0v) is 19.7. The number of aromatic nitrogens is 1. The summed E-state index contributed by atoms with van der Waals surface area (Å²) in [6.45, 7) is 3.85. The van der Waals surface area contributed by atoms with Crippen molar-refractivity contribution >= 4 is 28.9 Å². The van der Waals surface area contributed by atoms with Gasteiger partial charge in [-0.15, -0.1) is 11.3 Å². The molecule has 1 N–H and O–H groups in total. The third kappa shape index (κ3) is 5.72. The lowest BCUT2D eigenvalue weighted by atomic mass is 10.1. The number of halogens is 1. The van der Waals surface area contributed by atoms with Gasteiger partial charge in [0.1, 0.15) is 23.1 Å². The molecule has 0 saturated heterocycles. The molecule has 1 aromatic heterocycles. The summed E-state index contributed by atoms with van der Waals surface area (Å²) in [7, 11) is 0. The molecule has 0 saturated carbocycles. The van der Waals surface area contributed by atoms with Gasteiger partial charge in [0.05, 0.1) is 10.6 Å². The van der Waals surface area contributed by atoms with Gasteiger partial charge in [-0.2, -0.15) is 0 Å². The number of nitrogens with zero attached hydrogens (tertiary/aromatic N) is 1. The summed E-state index contributed by atoms with van der Waals surface area (Å²) in [6.07, 6.45) is 0. The highest BCUT2D eigenvalue weighted by Crippen LogP contribution is 2.38. The van der Waals surface area contributed by atoms with Gasteiger partial charge in [0.25, 0.3) is 0 Å². The van der Waals surface area contributed by atoms with E-state index in [0.29, 0.717) is 23.1 Å². The lowest BCUT2D eigenvalue weighted by Crippen LogP contribution is -2.10. The van der Waals surface area contributed by atoms with Crippen molar-refractivity contribution in [1.29, 1.82) is 0 Å². The molecule has 0 fully saturated rings. The van der Waals surface area contributed by atoms with Crippen LogP contribution in [0.3, 0.4) is 0 Å². The van der Waals surface area contributed by atoms with Gasteiger partial charge in [-0.25, -0.2) is 9.78 Å². The molecule has 0 bridgehead atoms. The van der Waals surface area contributed by atoms with Crippen LogP contribution in [-0.2, 0) is 11.4 Å². The van der Waals surface area contributed by atoms with Crippen molar-refractivity contribution in [3.05, 3.63) is 87.9 Å². The normalized spacial score (nSPS) is 10.8. The number of aliphatic carboxylic acids is 1. The van der Waals surface area contributed by atoms with Crippen molar-refractivity contribution in [2.45, 2.75) is 20.5 Å². The maximum absolute atomic E-state index is 10.7. The minimum atomic E-state index is -1.01. The molecule has 1 heterocycles. The number of rotatable bonds is 8. The van der Waals surface area contributed by atoms with Crippen molar-refractivity contribution in [2.75, 3.05) is 6.61 Å². The van der Waals surface area contributed by atoms with E-state index >= 15 is 0 Å². The number of hydrogen-bond acceptors (Lipinski definition) is 5. The molecule has 0 amide bonds. The van der Waals surface area contributed by atoms with Gasteiger partial charge in [-0.1, -0.05) is 53.6 Å². The Bertz CT molecular complexity index is 1200. The highest BCUT2D eigenvalue weighted by atomic mass is 35.5. The van der Waals surface area contributed by atoms with Crippen LogP contribution in [0.4, 0.5) is 0 Å². The SMILES string of the molecule is Cc1ccc(-c2sc(COc3ccc(OCC(=O)O)c(C)c3)nc2-c2ccc(Cl)cc2)cc1. The Labute approximate surface area is 201 Å². The summed E-state index contributed by atoms with van der Waals surface area (Å²) in [5, 5.41) is 10.3. The molecule has 0 aliphatic rings. The third-order valence-electron chi connectivity index (χ3n) is 4.96. The highest BCUT2D eigenvalue weighted by molar-refractivity contribution is 7.15. The fourth-order valence-corrected chi connectivity index (χ4v) is 4.42. The fraction of sp³-hybridized carbons (Fsp3) is 0.154. The molecule has 33 heavy (non-hydrogen) atoms. The number of thiazole rings is 1.